The zero-order valence-corrected chi connectivity index (χ0v) is 10.8. The van der Waals surface area contributed by atoms with Gasteiger partial charge in [-0.1, -0.05) is 0 Å². The molecule has 0 saturated heterocycles. The van der Waals surface area contributed by atoms with Gasteiger partial charge in [0.1, 0.15) is 0 Å². The number of amides is 1. The summed E-state index contributed by atoms with van der Waals surface area (Å²) in [6, 6.07) is 1.95. The maximum atomic E-state index is 11.6. The molecule has 0 unspecified atom stereocenters. The molecule has 0 aromatic carbocycles. The second-order valence-corrected chi connectivity index (χ2v) is 4.72. The van der Waals surface area contributed by atoms with Gasteiger partial charge < -0.3 is 11.1 Å². The first kappa shape index (κ1) is 14.4. The summed E-state index contributed by atoms with van der Waals surface area (Å²) in [5, 5.41) is 2.83. The zero-order valence-electron chi connectivity index (χ0n) is 9.16. The maximum Gasteiger partial charge on any atom is 0.261 e. The molecule has 0 aliphatic carbocycles. The molecule has 5 heteroatoms. The van der Waals surface area contributed by atoms with Crippen molar-refractivity contribution in [2.45, 2.75) is 26.8 Å². The average molecular weight is 249 g/mol. The van der Waals surface area contributed by atoms with Crippen LogP contribution in [-0.2, 0) is 0 Å². The van der Waals surface area contributed by atoms with Crippen LogP contribution in [0.3, 0.4) is 0 Å². The minimum atomic E-state index is -0.0239. The molecule has 1 aromatic heterocycles. The lowest BCUT2D eigenvalue weighted by Gasteiger charge is -2.09. The Hall–Kier alpha value is -0.580. The smallest absolute Gasteiger partial charge is 0.261 e. The van der Waals surface area contributed by atoms with Crippen molar-refractivity contribution in [1.82, 2.24) is 5.32 Å². The molecule has 0 aliphatic heterocycles. The summed E-state index contributed by atoms with van der Waals surface area (Å²) in [5.74, 6) is -0.0239. The number of nitrogens with two attached hydrogens (primary N) is 1. The summed E-state index contributed by atoms with van der Waals surface area (Å²) in [6.45, 7) is 6.39. The summed E-state index contributed by atoms with van der Waals surface area (Å²) in [6.07, 6.45) is 0. The van der Waals surface area contributed by atoms with Crippen molar-refractivity contribution < 1.29 is 4.79 Å². The highest BCUT2D eigenvalue weighted by Gasteiger charge is 2.11. The van der Waals surface area contributed by atoms with Crippen LogP contribution in [-0.4, -0.2) is 18.5 Å². The van der Waals surface area contributed by atoms with Crippen LogP contribution in [0, 0.1) is 13.8 Å². The minimum absolute atomic E-state index is 0. The van der Waals surface area contributed by atoms with Crippen LogP contribution < -0.4 is 11.1 Å². The molecular weight excluding hydrogens is 232 g/mol. The predicted octanol–water partition coefficient (Wildman–Crippen LogP) is 1.86. The number of halogens is 1. The van der Waals surface area contributed by atoms with Gasteiger partial charge in [-0.05, 0) is 32.4 Å². The van der Waals surface area contributed by atoms with E-state index in [1.165, 1.54) is 21.8 Å². The van der Waals surface area contributed by atoms with Crippen molar-refractivity contribution in [3.63, 3.8) is 0 Å². The molecule has 1 amide bonds. The Labute approximate surface area is 100 Å². The molecule has 0 radical (unpaired) electrons. The van der Waals surface area contributed by atoms with E-state index < -0.39 is 0 Å². The van der Waals surface area contributed by atoms with Gasteiger partial charge in [-0.3, -0.25) is 4.79 Å². The lowest BCUT2D eigenvalue weighted by molar-refractivity contribution is 0.0945. The van der Waals surface area contributed by atoms with Gasteiger partial charge in [0.05, 0.1) is 4.88 Å². The van der Waals surface area contributed by atoms with E-state index in [4.69, 9.17) is 5.73 Å². The Morgan fingerprint density at radius 2 is 2.20 bits per heavy atom. The van der Waals surface area contributed by atoms with E-state index in [0.717, 1.165) is 4.88 Å². The highest BCUT2D eigenvalue weighted by atomic mass is 35.5. The number of hydrogen-bond acceptors (Lipinski definition) is 3. The Bertz CT molecular complexity index is 319. The first-order valence-corrected chi connectivity index (χ1v) is 5.44. The Kier molecular flexibility index (Phi) is 5.87. The number of hydrogen-bond donors (Lipinski definition) is 2. The first-order valence-electron chi connectivity index (χ1n) is 4.62. The van der Waals surface area contributed by atoms with Gasteiger partial charge >= 0.3 is 0 Å². The van der Waals surface area contributed by atoms with E-state index in [0.29, 0.717) is 6.54 Å². The molecular formula is C10H17ClN2OS. The molecule has 0 spiro atoms. The minimum Gasteiger partial charge on any atom is -0.348 e. The van der Waals surface area contributed by atoms with Crippen molar-refractivity contribution in [2.75, 3.05) is 6.54 Å². The molecule has 3 N–H and O–H groups in total. The molecule has 0 bridgehead atoms. The largest absolute Gasteiger partial charge is 0.348 e. The predicted molar refractivity (Wildman–Crippen MR) is 67.0 cm³/mol. The molecule has 1 rings (SSSR count). The Balaban J connectivity index is 0.00000196. The number of nitrogens with one attached hydrogen (secondary N) is 1. The molecule has 1 atom stereocenters. The summed E-state index contributed by atoms with van der Waals surface area (Å²) < 4.78 is 0. The number of carbonyl (C=O) groups is 1. The zero-order chi connectivity index (χ0) is 10.7. The quantitative estimate of drug-likeness (QED) is 0.858. The molecule has 0 aliphatic rings. The van der Waals surface area contributed by atoms with E-state index in [2.05, 4.69) is 5.32 Å². The lowest BCUT2D eigenvalue weighted by atomic mass is 10.2. The van der Waals surface area contributed by atoms with Gasteiger partial charge in [-0.15, -0.1) is 23.7 Å². The van der Waals surface area contributed by atoms with Gasteiger partial charge in [-0.2, -0.15) is 0 Å². The number of thiophene rings is 1. The third kappa shape index (κ3) is 3.81. The fourth-order valence-electron chi connectivity index (χ4n) is 1.04. The van der Waals surface area contributed by atoms with Crippen LogP contribution >= 0.6 is 23.7 Å². The summed E-state index contributed by atoms with van der Waals surface area (Å²) >= 11 is 1.52. The van der Waals surface area contributed by atoms with Crippen molar-refractivity contribution in [3.8, 4) is 0 Å². The second kappa shape index (κ2) is 6.10. The van der Waals surface area contributed by atoms with E-state index in [9.17, 15) is 4.79 Å². The number of carbonyl (C=O) groups excluding carboxylic acids is 1. The molecule has 86 valence electrons. The standard InChI is InChI=1S/C10H16N2OS.ClH/c1-6-4-9(14-8(6)3)10(13)12-7(2)5-11;/h4,7H,5,11H2,1-3H3,(H,12,13);1H/t7-;/m1./s1. The van der Waals surface area contributed by atoms with Crippen LogP contribution in [0.25, 0.3) is 0 Å². The summed E-state index contributed by atoms with van der Waals surface area (Å²) in [7, 11) is 0. The lowest BCUT2D eigenvalue weighted by Crippen LogP contribution is -2.37. The van der Waals surface area contributed by atoms with Gasteiger partial charge in [0.15, 0.2) is 0 Å². The second-order valence-electron chi connectivity index (χ2n) is 3.46. The van der Waals surface area contributed by atoms with Crippen LogP contribution in [0.15, 0.2) is 6.07 Å². The maximum absolute atomic E-state index is 11.6. The first-order chi connectivity index (χ1) is 6.54. The van der Waals surface area contributed by atoms with E-state index in [1.54, 1.807) is 0 Å². The summed E-state index contributed by atoms with van der Waals surface area (Å²) in [5.41, 5.74) is 6.59. The third-order valence-electron chi connectivity index (χ3n) is 2.12. The van der Waals surface area contributed by atoms with Crippen molar-refractivity contribution in [1.29, 1.82) is 0 Å². The molecule has 3 nitrogen and oxygen atoms in total. The van der Waals surface area contributed by atoms with Crippen LogP contribution in [0.4, 0.5) is 0 Å². The highest BCUT2D eigenvalue weighted by Crippen LogP contribution is 2.20. The fourth-order valence-corrected chi connectivity index (χ4v) is 1.98. The van der Waals surface area contributed by atoms with E-state index in [1.807, 2.05) is 26.8 Å². The highest BCUT2D eigenvalue weighted by molar-refractivity contribution is 7.14. The fraction of sp³-hybridized carbons (Fsp3) is 0.500. The number of aryl methyl sites for hydroxylation is 2. The van der Waals surface area contributed by atoms with Crippen LogP contribution in [0.5, 0.6) is 0 Å². The normalized spacial score (nSPS) is 11.7. The molecule has 1 aromatic rings. The monoisotopic (exact) mass is 248 g/mol. The Morgan fingerprint density at radius 1 is 1.60 bits per heavy atom. The summed E-state index contributed by atoms with van der Waals surface area (Å²) in [4.78, 5) is 13.6. The van der Waals surface area contributed by atoms with Crippen LogP contribution in [0.1, 0.15) is 27.0 Å². The van der Waals surface area contributed by atoms with Crippen molar-refractivity contribution in [3.05, 3.63) is 21.4 Å². The molecule has 0 fully saturated rings. The van der Waals surface area contributed by atoms with Crippen LogP contribution in [0.2, 0.25) is 0 Å². The van der Waals surface area contributed by atoms with E-state index >= 15 is 0 Å². The topological polar surface area (TPSA) is 55.1 Å². The third-order valence-corrected chi connectivity index (χ3v) is 3.27. The molecule has 0 saturated carbocycles. The average Bonchev–Trinajstić information content (AvgIpc) is 2.47. The van der Waals surface area contributed by atoms with Crippen molar-refractivity contribution in [2.24, 2.45) is 5.73 Å². The van der Waals surface area contributed by atoms with Gasteiger partial charge in [-0.25, -0.2) is 0 Å². The van der Waals surface area contributed by atoms with E-state index in [-0.39, 0.29) is 24.4 Å². The molecule has 15 heavy (non-hydrogen) atoms. The van der Waals surface area contributed by atoms with Gasteiger partial charge in [0, 0.05) is 17.5 Å². The van der Waals surface area contributed by atoms with Gasteiger partial charge in [0.2, 0.25) is 0 Å². The van der Waals surface area contributed by atoms with Crippen molar-refractivity contribution >= 4 is 29.7 Å². The molecule has 1 heterocycles. The Morgan fingerprint density at radius 3 is 2.60 bits per heavy atom. The number of rotatable bonds is 3. The SMILES string of the molecule is Cc1cc(C(=O)N[C@H](C)CN)sc1C.Cl. The van der Waals surface area contributed by atoms with Gasteiger partial charge in [0.25, 0.3) is 5.91 Å².